The van der Waals surface area contributed by atoms with Crippen LogP contribution in [0, 0.1) is 5.41 Å². The predicted molar refractivity (Wildman–Crippen MR) is 72.6 cm³/mol. The molecule has 2 N–H and O–H groups in total. The molecule has 0 aromatic heterocycles. The van der Waals surface area contributed by atoms with Crippen molar-refractivity contribution in [3.63, 3.8) is 0 Å². The number of amides is 1. The number of carbonyl (C=O) groups is 1. The second-order valence-corrected chi connectivity index (χ2v) is 5.11. The van der Waals surface area contributed by atoms with Crippen LogP contribution in [0.4, 0.5) is 11.4 Å². The maximum atomic E-state index is 12.5. The van der Waals surface area contributed by atoms with E-state index >= 15 is 0 Å². The molecule has 1 amide bonds. The zero-order chi connectivity index (χ0) is 13.3. The fourth-order valence-corrected chi connectivity index (χ4v) is 2.67. The SMILES string of the molecule is COc1ccc2c(c1)NC(=O)C1(CCOCC1)CN2. The van der Waals surface area contributed by atoms with Crippen LogP contribution in [0.5, 0.6) is 5.75 Å². The Morgan fingerprint density at radius 3 is 2.79 bits per heavy atom. The summed E-state index contributed by atoms with van der Waals surface area (Å²) in [6.45, 7) is 1.95. The Balaban J connectivity index is 1.90. The Hall–Kier alpha value is -1.75. The number of fused-ring (bicyclic) bond motifs is 1. The van der Waals surface area contributed by atoms with Crippen molar-refractivity contribution in [1.29, 1.82) is 0 Å². The van der Waals surface area contributed by atoms with Crippen LogP contribution in [0.15, 0.2) is 18.2 Å². The van der Waals surface area contributed by atoms with Crippen LogP contribution in [0.1, 0.15) is 12.8 Å². The first-order valence-electron chi connectivity index (χ1n) is 6.55. The van der Waals surface area contributed by atoms with Gasteiger partial charge in [0, 0.05) is 25.8 Å². The normalized spacial score (nSPS) is 21.0. The maximum absolute atomic E-state index is 12.5. The third-order valence-corrected chi connectivity index (χ3v) is 4.02. The summed E-state index contributed by atoms with van der Waals surface area (Å²) in [5, 5.41) is 6.39. The van der Waals surface area contributed by atoms with Crippen molar-refractivity contribution in [2.45, 2.75) is 12.8 Å². The number of hydrogen-bond acceptors (Lipinski definition) is 4. The van der Waals surface area contributed by atoms with E-state index in [1.54, 1.807) is 7.11 Å². The zero-order valence-electron chi connectivity index (χ0n) is 11.0. The summed E-state index contributed by atoms with van der Waals surface area (Å²) in [7, 11) is 1.62. The Bertz CT molecular complexity index is 495. The van der Waals surface area contributed by atoms with Crippen molar-refractivity contribution in [3.05, 3.63) is 18.2 Å². The highest BCUT2D eigenvalue weighted by Gasteiger charge is 2.41. The molecule has 0 unspecified atom stereocenters. The molecule has 102 valence electrons. The number of carbonyl (C=O) groups excluding carboxylic acids is 1. The fourth-order valence-electron chi connectivity index (χ4n) is 2.67. The highest BCUT2D eigenvalue weighted by molar-refractivity contribution is 6.00. The molecule has 2 aliphatic rings. The number of rotatable bonds is 1. The fraction of sp³-hybridized carbons (Fsp3) is 0.500. The Labute approximate surface area is 112 Å². The minimum Gasteiger partial charge on any atom is -0.497 e. The van der Waals surface area contributed by atoms with Crippen LogP contribution < -0.4 is 15.4 Å². The van der Waals surface area contributed by atoms with Gasteiger partial charge in [-0.3, -0.25) is 4.79 Å². The topological polar surface area (TPSA) is 59.6 Å². The Morgan fingerprint density at radius 1 is 1.26 bits per heavy atom. The molecule has 19 heavy (non-hydrogen) atoms. The van der Waals surface area contributed by atoms with Gasteiger partial charge in [-0.2, -0.15) is 0 Å². The van der Waals surface area contributed by atoms with Crippen LogP contribution in [-0.2, 0) is 9.53 Å². The molecule has 2 heterocycles. The van der Waals surface area contributed by atoms with Crippen molar-refractivity contribution in [2.24, 2.45) is 5.41 Å². The highest BCUT2D eigenvalue weighted by atomic mass is 16.5. The predicted octanol–water partition coefficient (Wildman–Crippen LogP) is 1.86. The third-order valence-electron chi connectivity index (χ3n) is 4.02. The van der Waals surface area contributed by atoms with E-state index in [2.05, 4.69) is 10.6 Å². The average molecular weight is 262 g/mol. The molecule has 0 radical (unpaired) electrons. The van der Waals surface area contributed by atoms with Crippen LogP contribution in [0.25, 0.3) is 0 Å². The maximum Gasteiger partial charge on any atom is 0.232 e. The molecule has 1 spiro atoms. The molecular weight excluding hydrogens is 244 g/mol. The number of hydrogen-bond donors (Lipinski definition) is 2. The number of benzene rings is 1. The summed E-state index contributed by atoms with van der Waals surface area (Å²) < 4.78 is 10.6. The number of nitrogens with one attached hydrogen (secondary N) is 2. The van der Waals surface area contributed by atoms with E-state index in [1.807, 2.05) is 18.2 Å². The lowest BCUT2D eigenvalue weighted by Crippen LogP contribution is -2.44. The standard InChI is InChI=1S/C14H18N2O3/c1-18-10-2-3-11-12(8-10)16-13(17)14(9-15-11)4-6-19-7-5-14/h2-3,8,15H,4-7,9H2,1H3,(H,16,17). The smallest absolute Gasteiger partial charge is 0.232 e. The molecule has 0 bridgehead atoms. The van der Waals surface area contributed by atoms with E-state index in [0.717, 1.165) is 30.0 Å². The summed E-state index contributed by atoms with van der Waals surface area (Å²) in [6, 6.07) is 5.67. The van der Waals surface area contributed by atoms with E-state index in [4.69, 9.17) is 9.47 Å². The second kappa shape index (κ2) is 4.74. The number of ether oxygens (including phenoxy) is 2. The largest absolute Gasteiger partial charge is 0.497 e. The average Bonchev–Trinajstić information content (AvgIpc) is 2.58. The van der Waals surface area contributed by atoms with Gasteiger partial charge in [0.25, 0.3) is 0 Å². The van der Waals surface area contributed by atoms with Crippen molar-refractivity contribution in [2.75, 3.05) is 37.5 Å². The van der Waals surface area contributed by atoms with Crippen LogP contribution in [-0.4, -0.2) is 32.8 Å². The van der Waals surface area contributed by atoms with Gasteiger partial charge in [0.05, 0.1) is 23.9 Å². The van der Waals surface area contributed by atoms with E-state index in [0.29, 0.717) is 19.8 Å². The first-order valence-corrected chi connectivity index (χ1v) is 6.55. The first-order chi connectivity index (χ1) is 9.23. The Kier molecular flexibility index (Phi) is 3.06. The quantitative estimate of drug-likeness (QED) is 0.811. The van der Waals surface area contributed by atoms with E-state index < -0.39 is 0 Å². The Morgan fingerprint density at radius 2 is 2.05 bits per heavy atom. The molecule has 1 aromatic rings. The molecule has 0 aliphatic carbocycles. The van der Waals surface area contributed by atoms with Crippen molar-refractivity contribution >= 4 is 17.3 Å². The summed E-state index contributed by atoms with van der Waals surface area (Å²) in [4.78, 5) is 12.5. The van der Waals surface area contributed by atoms with Gasteiger partial charge in [-0.05, 0) is 25.0 Å². The highest BCUT2D eigenvalue weighted by Crippen LogP contribution is 2.38. The van der Waals surface area contributed by atoms with Gasteiger partial charge in [-0.1, -0.05) is 0 Å². The molecule has 0 saturated carbocycles. The lowest BCUT2D eigenvalue weighted by Gasteiger charge is -2.34. The summed E-state index contributed by atoms with van der Waals surface area (Å²) >= 11 is 0. The first kappa shape index (κ1) is 12.3. The van der Waals surface area contributed by atoms with Crippen LogP contribution in [0.2, 0.25) is 0 Å². The zero-order valence-corrected chi connectivity index (χ0v) is 11.0. The molecule has 1 saturated heterocycles. The van der Waals surface area contributed by atoms with Crippen LogP contribution >= 0.6 is 0 Å². The lowest BCUT2D eigenvalue weighted by atomic mass is 9.79. The monoisotopic (exact) mass is 262 g/mol. The number of anilines is 2. The van der Waals surface area contributed by atoms with Crippen molar-refractivity contribution in [3.8, 4) is 5.75 Å². The minimum absolute atomic E-state index is 0.0790. The second-order valence-electron chi connectivity index (χ2n) is 5.11. The van der Waals surface area contributed by atoms with E-state index in [9.17, 15) is 4.79 Å². The summed E-state index contributed by atoms with van der Waals surface area (Å²) in [5.74, 6) is 0.819. The molecule has 0 atom stereocenters. The van der Waals surface area contributed by atoms with Gasteiger partial charge < -0.3 is 20.1 Å². The van der Waals surface area contributed by atoms with Gasteiger partial charge in [0.15, 0.2) is 0 Å². The minimum atomic E-state index is -0.357. The lowest BCUT2D eigenvalue weighted by molar-refractivity contribution is -0.129. The molecule has 3 rings (SSSR count). The van der Waals surface area contributed by atoms with E-state index in [-0.39, 0.29) is 11.3 Å². The summed E-state index contributed by atoms with van der Waals surface area (Å²) in [5.41, 5.74) is 1.37. The molecule has 5 heteroatoms. The molecule has 2 aliphatic heterocycles. The molecular formula is C14H18N2O3. The van der Waals surface area contributed by atoms with E-state index in [1.165, 1.54) is 0 Å². The molecule has 1 aromatic carbocycles. The van der Waals surface area contributed by atoms with Gasteiger partial charge >= 0.3 is 0 Å². The molecule has 1 fully saturated rings. The van der Waals surface area contributed by atoms with Gasteiger partial charge in [0.1, 0.15) is 5.75 Å². The molecule has 5 nitrogen and oxygen atoms in total. The third kappa shape index (κ3) is 2.14. The van der Waals surface area contributed by atoms with Gasteiger partial charge in [0.2, 0.25) is 5.91 Å². The van der Waals surface area contributed by atoms with Crippen LogP contribution in [0.3, 0.4) is 0 Å². The summed E-state index contributed by atoms with van der Waals surface area (Å²) in [6.07, 6.45) is 1.52. The van der Waals surface area contributed by atoms with Crippen molar-refractivity contribution in [1.82, 2.24) is 0 Å². The van der Waals surface area contributed by atoms with Crippen molar-refractivity contribution < 1.29 is 14.3 Å². The van der Waals surface area contributed by atoms with Gasteiger partial charge in [-0.15, -0.1) is 0 Å². The number of methoxy groups -OCH3 is 1. The van der Waals surface area contributed by atoms with Gasteiger partial charge in [-0.25, -0.2) is 0 Å².